The number of aliphatic hydroxyl groups excluding tert-OH is 6. The van der Waals surface area contributed by atoms with Crippen LogP contribution in [0.2, 0.25) is 0 Å². The molecular formula is C26H50O6. The van der Waals surface area contributed by atoms with Gasteiger partial charge in [-0.25, -0.2) is 0 Å². The summed E-state index contributed by atoms with van der Waals surface area (Å²) >= 11 is 0. The highest BCUT2D eigenvalue weighted by atomic mass is 16.3. The molecule has 32 heavy (non-hydrogen) atoms. The lowest BCUT2D eigenvalue weighted by atomic mass is 9.70. The molecule has 0 spiro atoms. The molecule has 1 fully saturated rings. The molecule has 1 saturated carbocycles. The van der Waals surface area contributed by atoms with Crippen molar-refractivity contribution >= 4 is 0 Å². The van der Waals surface area contributed by atoms with Crippen molar-refractivity contribution in [1.82, 2.24) is 0 Å². The summed E-state index contributed by atoms with van der Waals surface area (Å²) in [6.45, 7) is 8.22. The summed E-state index contributed by atoms with van der Waals surface area (Å²) in [6, 6.07) is 0. The van der Waals surface area contributed by atoms with E-state index in [2.05, 4.69) is 6.92 Å². The summed E-state index contributed by atoms with van der Waals surface area (Å²) in [4.78, 5) is 0. The first-order chi connectivity index (χ1) is 15.3. The van der Waals surface area contributed by atoms with Gasteiger partial charge in [-0.1, -0.05) is 39.0 Å². The average Bonchev–Trinajstić information content (AvgIpc) is 2.81. The predicted molar refractivity (Wildman–Crippen MR) is 130 cm³/mol. The Kier molecular flexibility index (Phi) is 16.8. The lowest BCUT2D eigenvalue weighted by Crippen LogP contribution is -2.27. The van der Waals surface area contributed by atoms with Gasteiger partial charge in [0, 0.05) is 25.6 Å². The molecule has 0 bridgehead atoms. The van der Waals surface area contributed by atoms with Crippen LogP contribution in [0.1, 0.15) is 85.5 Å². The Labute approximate surface area is 195 Å². The molecule has 0 aliphatic heterocycles. The SMILES string of the molecule is CC1=C(O)C(CO)CC(C)C1.CC1=C(O)C(CO)CC(C2CCCCC2)C1.CCO.CO. The summed E-state index contributed by atoms with van der Waals surface area (Å²) < 4.78 is 0. The smallest absolute Gasteiger partial charge is 0.0965 e. The molecule has 6 nitrogen and oxygen atoms in total. The fourth-order valence-electron chi connectivity index (χ4n) is 5.35. The lowest BCUT2D eigenvalue weighted by Gasteiger charge is -2.36. The van der Waals surface area contributed by atoms with Crippen LogP contribution >= 0.6 is 0 Å². The van der Waals surface area contributed by atoms with Crippen molar-refractivity contribution in [2.75, 3.05) is 26.9 Å². The first kappa shape index (κ1) is 30.9. The molecule has 0 saturated heterocycles. The molecule has 6 N–H and O–H groups in total. The third-order valence-corrected chi connectivity index (χ3v) is 6.90. The summed E-state index contributed by atoms with van der Waals surface area (Å²) in [5, 5.41) is 52.1. The Morgan fingerprint density at radius 3 is 1.62 bits per heavy atom. The topological polar surface area (TPSA) is 121 Å². The Balaban J connectivity index is 0.000000523. The van der Waals surface area contributed by atoms with E-state index in [4.69, 9.17) is 15.3 Å². The van der Waals surface area contributed by atoms with E-state index in [0.29, 0.717) is 23.4 Å². The fraction of sp³-hybridized carbons (Fsp3) is 0.846. The molecule has 0 aromatic rings. The van der Waals surface area contributed by atoms with E-state index in [1.807, 2.05) is 13.8 Å². The molecule has 0 heterocycles. The Bertz CT molecular complexity index is 551. The molecular weight excluding hydrogens is 408 g/mol. The maximum Gasteiger partial charge on any atom is 0.0965 e. The van der Waals surface area contributed by atoms with Crippen molar-refractivity contribution in [3.8, 4) is 0 Å². The lowest BCUT2D eigenvalue weighted by molar-refractivity contribution is 0.130. The monoisotopic (exact) mass is 458 g/mol. The number of allylic oxidation sites excluding steroid dienone is 2. The van der Waals surface area contributed by atoms with E-state index in [1.165, 1.54) is 32.1 Å². The van der Waals surface area contributed by atoms with Gasteiger partial charge in [-0.15, -0.1) is 0 Å². The normalized spacial score (nSPS) is 28.5. The Morgan fingerprint density at radius 2 is 1.16 bits per heavy atom. The Morgan fingerprint density at radius 1 is 0.719 bits per heavy atom. The molecule has 4 unspecified atom stereocenters. The highest BCUT2D eigenvalue weighted by Gasteiger charge is 2.32. The molecule has 3 aliphatic carbocycles. The molecule has 3 aliphatic rings. The molecule has 190 valence electrons. The minimum Gasteiger partial charge on any atom is -0.512 e. The van der Waals surface area contributed by atoms with Crippen LogP contribution in [-0.4, -0.2) is 57.6 Å². The van der Waals surface area contributed by atoms with Crippen molar-refractivity contribution in [2.45, 2.75) is 85.5 Å². The minimum absolute atomic E-state index is 0.00116. The molecule has 3 rings (SSSR count). The third-order valence-electron chi connectivity index (χ3n) is 6.90. The van der Waals surface area contributed by atoms with Gasteiger partial charge in [-0.05, 0) is 75.4 Å². The zero-order chi connectivity index (χ0) is 24.7. The first-order valence-electron chi connectivity index (χ1n) is 12.3. The quantitative estimate of drug-likeness (QED) is 0.358. The van der Waals surface area contributed by atoms with Crippen LogP contribution < -0.4 is 0 Å². The summed E-state index contributed by atoms with van der Waals surface area (Å²) in [6.07, 6.45) is 10.8. The molecule has 0 aromatic carbocycles. The van der Waals surface area contributed by atoms with Gasteiger partial charge in [0.05, 0.1) is 24.7 Å². The van der Waals surface area contributed by atoms with Crippen LogP contribution in [0.25, 0.3) is 0 Å². The van der Waals surface area contributed by atoms with E-state index in [0.717, 1.165) is 49.9 Å². The Hall–Kier alpha value is -1.08. The fourth-order valence-corrected chi connectivity index (χ4v) is 5.35. The van der Waals surface area contributed by atoms with Gasteiger partial charge in [-0.3, -0.25) is 0 Å². The molecule has 0 radical (unpaired) electrons. The van der Waals surface area contributed by atoms with E-state index in [9.17, 15) is 15.3 Å². The second-order valence-corrected chi connectivity index (χ2v) is 9.55. The second kappa shape index (κ2) is 17.4. The first-order valence-corrected chi connectivity index (χ1v) is 12.3. The predicted octanol–water partition coefficient (Wildman–Crippen LogP) is 4.88. The maximum absolute atomic E-state index is 9.87. The van der Waals surface area contributed by atoms with Gasteiger partial charge in [0.15, 0.2) is 0 Å². The van der Waals surface area contributed by atoms with Crippen molar-refractivity contribution < 1.29 is 30.6 Å². The van der Waals surface area contributed by atoms with Gasteiger partial charge < -0.3 is 30.6 Å². The van der Waals surface area contributed by atoms with Crippen LogP contribution in [0.4, 0.5) is 0 Å². The van der Waals surface area contributed by atoms with Crippen molar-refractivity contribution in [2.24, 2.45) is 29.6 Å². The van der Waals surface area contributed by atoms with Gasteiger partial charge in [0.25, 0.3) is 0 Å². The van der Waals surface area contributed by atoms with Gasteiger partial charge >= 0.3 is 0 Å². The van der Waals surface area contributed by atoms with Crippen LogP contribution in [-0.2, 0) is 0 Å². The van der Waals surface area contributed by atoms with Crippen LogP contribution in [0.5, 0.6) is 0 Å². The highest BCUT2D eigenvalue weighted by molar-refractivity contribution is 5.14. The van der Waals surface area contributed by atoms with E-state index in [-0.39, 0.29) is 31.7 Å². The van der Waals surface area contributed by atoms with Crippen LogP contribution in [0.3, 0.4) is 0 Å². The van der Waals surface area contributed by atoms with Crippen molar-refractivity contribution in [1.29, 1.82) is 0 Å². The highest BCUT2D eigenvalue weighted by Crippen LogP contribution is 2.41. The van der Waals surface area contributed by atoms with E-state index in [1.54, 1.807) is 6.92 Å². The zero-order valence-corrected chi connectivity index (χ0v) is 21.1. The molecule has 0 aromatic heterocycles. The van der Waals surface area contributed by atoms with Crippen molar-refractivity contribution in [3.05, 3.63) is 22.7 Å². The third kappa shape index (κ3) is 10.2. The van der Waals surface area contributed by atoms with E-state index < -0.39 is 0 Å². The summed E-state index contributed by atoms with van der Waals surface area (Å²) in [5.74, 6) is 3.04. The standard InChI is InChI=1S/C14H24O2.C9H16O2.C2H6O.CH4O/c1-10-7-12(8-13(9-15)14(10)16)11-5-3-2-4-6-11;1-6-3-7(2)9(11)8(4-6)5-10;1-2-3;1-2/h11-13,15-16H,2-9H2,1H3;6,8,10-11H,3-5H2,1-2H3;3H,2H2,1H3;2H,1H3. The average molecular weight is 459 g/mol. The summed E-state index contributed by atoms with van der Waals surface area (Å²) in [7, 11) is 1.00. The van der Waals surface area contributed by atoms with E-state index >= 15 is 0 Å². The minimum atomic E-state index is -0.00116. The number of hydrogen-bond donors (Lipinski definition) is 6. The molecule has 6 heteroatoms. The molecule has 0 amide bonds. The number of rotatable bonds is 3. The summed E-state index contributed by atoms with van der Waals surface area (Å²) in [5.41, 5.74) is 2.16. The zero-order valence-electron chi connectivity index (χ0n) is 21.1. The van der Waals surface area contributed by atoms with Crippen molar-refractivity contribution in [3.63, 3.8) is 0 Å². The van der Waals surface area contributed by atoms with Gasteiger partial charge in [0.2, 0.25) is 0 Å². The van der Waals surface area contributed by atoms with Crippen LogP contribution in [0, 0.1) is 29.6 Å². The number of hydrogen-bond acceptors (Lipinski definition) is 6. The maximum atomic E-state index is 9.87. The number of aliphatic hydroxyl groups is 6. The molecule has 4 atom stereocenters. The van der Waals surface area contributed by atoms with Gasteiger partial charge in [-0.2, -0.15) is 0 Å². The van der Waals surface area contributed by atoms with Crippen LogP contribution in [0.15, 0.2) is 22.7 Å². The van der Waals surface area contributed by atoms with Gasteiger partial charge in [0.1, 0.15) is 0 Å². The largest absolute Gasteiger partial charge is 0.512 e. The second-order valence-electron chi connectivity index (χ2n) is 9.55.